The fourth-order valence-corrected chi connectivity index (χ4v) is 3.81. The van der Waals surface area contributed by atoms with Crippen LogP contribution in [0.2, 0.25) is 5.02 Å². The van der Waals surface area contributed by atoms with E-state index in [0.29, 0.717) is 12.1 Å². The van der Waals surface area contributed by atoms with Crippen LogP contribution in [0.15, 0.2) is 60.8 Å². The van der Waals surface area contributed by atoms with Crippen LogP contribution in [0.3, 0.4) is 0 Å². The number of amides is 2. The summed E-state index contributed by atoms with van der Waals surface area (Å²) in [5, 5.41) is 22.7. The molecule has 2 amide bonds. The van der Waals surface area contributed by atoms with Crippen molar-refractivity contribution in [2.24, 2.45) is 0 Å². The number of phenolic OH excluding ortho intramolecular Hbond substituents is 2. The maximum Gasteiger partial charge on any atom is 0.258 e. The topological polar surface area (TPSA) is 103 Å². The molecule has 0 aliphatic carbocycles. The number of nitrogens with one attached hydrogen (secondary N) is 1. The van der Waals surface area contributed by atoms with Crippen molar-refractivity contribution in [3.8, 4) is 11.5 Å². The van der Waals surface area contributed by atoms with E-state index in [0.717, 1.165) is 17.2 Å². The SMILES string of the molecule is O=C(NCc1ccccn1)[C@H]1Cc2ccccc2CN1C(=O)c1cc(Cl)c(O)cc1O. The average molecular weight is 438 g/mol. The summed E-state index contributed by atoms with van der Waals surface area (Å²) < 4.78 is 0. The van der Waals surface area contributed by atoms with Crippen molar-refractivity contribution >= 4 is 23.4 Å². The Hall–Kier alpha value is -3.58. The number of aromatic nitrogens is 1. The Morgan fingerprint density at radius 2 is 1.81 bits per heavy atom. The van der Waals surface area contributed by atoms with Gasteiger partial charge in [-0.25, -0.2) is 0 Å². The smallest absolute Gasteiger partial charge is 0.258 e. The van der Waals surface area contributed by atoms with Gasteiger partial charge in [-0.05, 0) is 29.3 Å². The minimum atomic E-state index is -0.780. The van der Waals surface area contributed by atoms with Gasteiger partial charge in [0, 0.05) is 25.2 Å². The standard InChI is InChI=1S/C23H20ClN3O4/c24-18-10-17(20(28)11-21(18)29)23(31)27-13-15-6-2-1-5-14(15)9-19(27)22(30)26-12-16-7-3-4-8-25-16/h1-8,10-11,19,28-29H,9,12-13H2,(H,26,30)/t19-/m1/s1. The van der Waals surface area contributed by atoms with Crippen molar-refractivity contribution in [3.63, 3.8) is 0 Å². The third-order valence-corrected chi connectivity index (χ3v) is 5.58. The molecule has 1 aliphatic heterocycles. The molecule has 1 aromatic heterocycles. The summed E-state index contributed by atoms with van der Waals surface area (Å²) in [5.74, 6) is -1.60. The second-order valence-electron chi connectivity index (χ2n) is 7.28. The molecule has 0 fully saturated rings. The summed E-state index contributed by atoms with van der Waals surface area (Å²) in [6.07, 6.45) is 1.98. The van der Waals surface area contributed by atoms with Gasteiger partial charge < -0.3 is 20.4 Å². The molecule has 1 aliphatic rings. The molecular weight excluding hydrogens is 418 g/mol. The predicted molar refractivity (Wildman–Crippen MR) is 115 cm³/mol. The van der Waals surface area contributed by atoms with Crippen LogP contribution in [-0.2, 0) is 24.3 Å². The molecule has 4 rings (SSSR count). The van der Waals surface area contributed by atoms with Crippen LogP contribution in [0.5, 0.6) is 11.5 Å². The van der Waals surface area contributed by atoms with Crippen LogP contribution in [0.4, 0.5) is 0 Å². The Labute approximate surface area is 183 Å². The van der Waals surface area contributed by atoms with Gasteiger partial charge in [0.25, 0.3) is 5.91 Å². The van der Waals surface area contributed by atoms with E-state index in [1.54, 1.807) is 18.3 Å². The Morgan fingerprint density at radius 1 is 1.06 bits per heavy atom. The lowest BCUT2D eigenvalue weighted by atomic mass is 9.92. The van der Waals surface area contributed by atoms with E-state index in [-0.39, 0.29) is 35.3 Å². The lowest BCUT2D eigenvalue weighted by Gasteiger charge is -2.36. The maximum absolute atomic E-state index is 13.3. The first-order valence-electron chi connectivity index (χ1n) is 9.71. The summed E-state index contributed by atoms with van der Waals surface area (Å²) in [4.78, 5) is 32.0. The van der Waals surface area contributed by atoms with E-state index in [1.165, 1.54) is 11.0 Å². The van der Waals surface area contributed by atoms with Gasteiger partial charge in [0.05, 0.1) is 22.8 Å². The van der Waals surface area contributed by atoms with Gasteiger partial charge in [-0.3, -0.25) is 14.6 Å². The summed E-state index contributed by atoms with van der Waals surface area (Å²) in [6.45, 7) is 0.435. The quantitative estimate of drug-likeness (QED) is 0.582. The maximum atomic E-state index is 13.3. The van der Waals surface area contributed by atoms with Gasteiger partial charge in [0.15, 0.2) is 0 Å². The third-order valence-electron chi connectivity index (χ3n) is 5.28. The number of hydrogen-bond donors (Lipinski definition) is 3. The first-order chi connectivity index (χ1) is 14.9. The van der Waals surface area contributed by atoms with Crippen molar-refractivity contribution in [1.29, 1.82) is 0 Å². The molecule has 0 radical (unpaired) electrons. The fraction of sp³-hybridized carbons (Fsp3) is 0.174. The molecule has 2 aromatic carbocycles. The molecule has 0 spiro atoms. The number of rotatable bonds is 4. The van der Waals surface area contributed by atoms with Crippen LogP contribution >= 0.6 is 11.6 Å². The monoisotopic (exact) mass is 437 g/mol. The van der Waals surface area contributed by atoms with Crippen LogP contribution in [-0.4, -0.2) is 38.0 Å². The van der Waals surface area contributed by atoms with Crippen LogP contribution < -0.4 is 5.32 Å². The zero-order valence-corrected chi connectivity index (χ0v) is 17.2. The second-order valence-corrected chi connectivity index (χ2v) is 7.69. The molecule has 3 N–H and O–H groups in total. The minimum Gasteiger partial charge on any atom is -0.507 e. The Morgan fingerprint density at radius 3 is 2.55 bits per heavy atom. The molecule has 2 heterocycles. The van der Waals surface area contributed by atoms with E-state index >= 15 is 0 Å². The zero-order valence-electron chi connectivity index (χ0n) is 16.5. The average Bonchev–Trinajstić information content (AvgIpc) is 2.79. The molecule has 3 aromatic rings. The number of carbonyl (C=O) groups is 2. The highest BCUT2D eigenvalue weighted by molar-refractivity contribution is 6.32. The number of aromatic hydroxyl groups is 2. The molecule has 31 heavy (non-hydrogen) atoms. The van der Waals surface area contributed by atoms with E-state index < -0.39 is 17.7 Å². The Balaban J connectivity index is 1.63. The molecular formula is C23H20ClN3O4. The van der Waals surface area contributed by atoms with Crippen molar-refractivity contribution < 1.29 is 19.8 Å². The second kappa shape index (κ2) is 8.65. The molecule has 0 unspecified atom stereocenters. The van der Waals surface area contributed by atoms with Gasteiger partial charge in [-0.1, -0.05) is 41.9 Å². The first-order valence-corrected chi connectivity index (χ1v) is 10.1. The number of pyridine rings is 1. The van der Waals surface area contributed by atoms with Crippen LogP contribution in [0.25, 0.3) is 0 Å². The van der Waals surface area contributed by atoms with E-state index in [9.17, 15) is 19.8 Å². The molecule has 158 valence electrons. The summed E-state index contributed by atoms with van der Waals surface area (Å²) >= 11 is 5.95. The van der Waals surface area contributed by atoms with E-state index in [2.05, 4.69) is 10.3 Å². The molecule has 0 bridgehead atoms. The normalized spacial score (nSPS) is 15.3. The lowest BCUT2D eigenvalue weighted by Crippen LogP contribution is -2.52. The van der Waals surface area contributed by atoms with E-state index in [4.69, 9.17) is 11.6 Å². The molecule has 1 atom stereocenters. The van der Waals surface area contributed by atoms with E-state index in [1.807, 2.05) is 30.3 Å². The number of hydrogen-bond acceptors (Lipinski definition) is 5. The highest BCUT2D eigenvalue weighted by atomic mass is 35.5. The van der Waals surface area contributed by atoms with Gasteiger partial charge in [0.2, 0.25) is 5.91 Å². The number of halogens is 1. The lowest BCUT2D eigenvalue weighted by molar-refractivity contribution is -0.126. The molecule has 8 heteroatoms. The van der Waals surface area contributed by atoms with Crippen molar-refractivity contribution in [2.45, 2.75) is 25.6 Å². The Bertz CT molecular complexity index is 1140. The third kappa shape index (κ3) is 4.32. The minimum absolute atomic E-state index is 0.0605. The van der Waals surface area contributed by atoms with Gasteiger partial charge in [-0.15, -0.1) is 0 Å². The van der Waals surface area contributed by atoms with Gasteiger partial charge in [0.1, 0.15) is 17.5 Å². The molecule has 0 saturated heterocycles. The number of nitrogens with zero attached hydrogens (tertiary/aromatic N) is 2. The number of carbonyl (C=O) groups excluding carboxylic acids is 2. The summed E-state index contributed by atoms with van der Waals surface area (Å²) in [6, 6.07) is 14.5. The summed E-state index contributed by atoms with van der Waals surface area (Å²) in [7, 11) is 0. The fourth-order valence-electron chi connectivity index (χ4n) is 3.65. The molecule has 7 nitrogen and oxygen atoms in total. The first kappa shape index (κ1) is 20.7. The number of phenols is 2. The largest absolute Gasteiger partial charge is 0.507 e. The zero-order chi connectivity index (χ0) is 22.0. The predicted octanol–water partition coefficient (Wildman–Crippen LogP) is 3.03. The van der Waals surface area contributed by atoms with Crippen molar-refractivity contribution in [1.82, 2.24) is 15.2 Å². The van der Waals surface area contributed by atoms with Crippen LogP contribution in [0.1, 0.15) is 27.2 Å². The summed E-state index contributed by atoms with van der Waals surface area (Å²) in [5.41, 5.74) is 2.53. The van der Waals surface area contributed by atoms with Crippen LogP contribution in [0, 0.1) is 0 Å². The van der Waals surface area contributed by atoms with Crippen molar-refractivity contribution in [2.75, 3.05) is 0 Å². The highest BCUT2D eigenvalue weighted by Crippen LogP contribution is 2.33. The number of benzene rings is 2. The van der Waals surface area contributed by atoms with Gasteiger partial charge >= 0.3 is 0 Å². The highest BCUT2D eigenvalue weighted by Gasteiger charge is 2.36. The number of fused-ring (bicyclic) bond motifs is 1. The Kier molecular flexibility index (Phi) is 5.77. The molecule has 0 saturated carbocycles. The van der Waals surface area contributed by atoms with Gasteiger partial charge in [-0.2, -0.15) is 0 Å². The van der Waals surface area contributed by atoms with Crippen molar-refractivity contribution in [3.05, 3.63) is 88.2 Å².